The van der Waals surface area contributed by atoms with Crippen molar-refractivity contribution in [1.82, 2.24) is 9.88 Å². The fourth-order valence-corrected chi connectivity index (χ4v) is 3.08. The minimum Gasteiger partial charge on any atom is -0.372 e. The van der Waals surface area contributed by atoms with Crippen molar-refractivity contribution in [2.24, 2.45) is 0 Å². The molecule has 1 unspecified atom stereocenters. The van der Waals surface area contributed by atoms with Gasteiger partial charge in [-0.2, -0.15) is 0 Å². The van der Waals surface area contributed by atoms with E-state index < -0.39 is 10.0 Å². The molecule has 2 heterocycles. The smallest absolute Gasteiger partial charge is 0.245 e. The Balaban J connectivity index is 1.63. The highest BCUT2D eigenvalue weighted by Crippen LogP contribution is 2.20. The van der Waals surface area contributed by atoms with Crippen molar-refractivity contribution in [3.63, 3.8) is 0 Å². The minimum absolute atomic E-state index is 0.0220. The molecule has 3 rings (SSSR count). The van der Waals surface area contributed by atoms with E-state index in [1.54, 1.807) is 0 Å². The summed E-state index contributed by atoms with van der Waals surface area (Å²) in [5.74, 6) is 0. The van der Waals surface area contributed by atoms with Crippen LogP contribution in [0.5, 0.6) is 0 Å². The largest absolute Gasteiger partial charge is 0.372 e. The molecule has 1 atom stereocenters. The average molecular weight is 294 g/mol. The summed E-state index contributed by atoms with van der Waals surface area (Å²) in [5, 5.41) is 3.39. The molecule has 0 radical (unpaired) electrons. The summed E-state index contributed by atoms with van der Waals surface area (Å²) in [6.45, 7) is 0.734. The number of sulfonamides is 1. The molecular formula is C13H14N2O4S. The third-order valence-electron chi connectivity index (χ3n) is 3.26. The molecule has 1 aliphatic rings. The molecule has 0 spiro atoms. The predicted molar refractivity (Wildman–Crippen MR) is 70.4 cm³/mol. The maximum atomic E-state index is 11.9. The van der Waals surface area contributed by atoms with Crippen molar-refractivity contribution in [2.75, 3.05) is 6.54 Å². The van der Waals surface area contributed by atoms with Crippen LogP contribution < -0.4 is 4.72 Å². The molecule has 6 nitrogen and oxygen atoms in total. The summed E-state index contributed by atoms with van der Waals surface area (Å²) in [6, 6.07) is 8.01. The van der Waals surface area contributed by atoms with E-state index in [2.05, 4.69) is 14.4 Å². The Labute approximate surface area is 116 Å². The van der Waals surface area contributed by atoms with E-state index in [0.29, 0.717) is 13.0 Å². The molecule has 106 valence electrons. The Kier molecular flexibility index (Phi) is 3.56. The van der Waals surface area contributed by atoms with Crippen LogP contribution in [0.2, 0.25) is 0 Å². The molecule has 2 aromatic rings. The number of benzene rings is 1. The van der Waals surface area contributed by atoms with Crippen molar-refractivity contribution in [3.05, 3.63) is 47.9 Å². The van der Waals surface area contributed by atoms with Crippen LogP contribution in [0.15, 0.2) is 46.1 Å². The highest BCUT2D eigenvalue weighted by Gasteiger charge is 2.22. The summed E-state index contributed by atoms with van der Waals surface area (Å²) in [5.41, 5.74) is 2.36. The summed E-state index contributed by atoms with van der Waals surface area (Å²) in [4.78, 5) is 0.0220. The SMILES string of the molecule is O=S(=O)(NCC1Cc2ccccc2CO1)c1cnoc1. The zero-order chi connectivity index (χ0) is 14.0. The van der Waals surface area contributed by atoms with Gasteiger partial charge in [0, 0.05) is 13.0 Å². The first-order valence-corrected chi connectivity index (χ1v) is 7.71. The Hall–Kier alpha value is -1.70. The highest BCUT2D eigenvalue weighted by molar-refractivity contribution is 7.89. The Morgan fingerprint density at radius 1 is 1.30 bits per heavy atom. The zero-order valence-corrected chi connectivity index (χ0v) is 11.5. The number of rotatable bonds is 4. The van der Waals surface area contributed by atoms with Gasteiger partial charge < -0.3 is 9.26 Å². The Bertz CT molecular complexity index is 682. The van der Waals surface area contributed by atoms with Crippen molar-refractivity contribution in [3.8, 4) is 0 Å². The number of nitrogens with zero attached hydrogens (tertiary/aromatic N) is 1. The lowest BCUT2D eigenvalue weighted by atomic mass is 9.99. The van der Waals surface area contributed by atoms with E-state index in [4.69, 9.17) is 4.74 Å². The third-order valence-corrected chi connectivity index (χ3v) is 4.63. The number of nitrogens with one attached hydrogen (secondary N) is 1. The van der Waals surface area contributed by atoms with Gasteiger partial charge in [-0.1, -0.05) is 29.4 Å². The summed E-state index contributed by atoms with van der Waals surface area (Å²) >= 11 is 0. The molecular weight excluding hydrogens is 280 g/mol. The van der Waals surface area contributed by atoms with Crippen LogP contribution in [0.1, 0.15) is 11.1 Å². The second-order valence-corrected chi connectivity index (χ2v) is 6.38. The van der Waals surface area contributed by atoms with Gasteiger partial charge in [0.25, 0.3) is 0 Å². The Morgan fingerprint density at radius 3 is 2.85 bits per heavy atom. The van der Waals surface area contributed by atoms with Gasteiger partial charge in [-0.3, -0.25) is 0 Å². The van der Waals surface area contributed by atoms with Crippen molar-refractivity contribution in [2.45, 2.75) is 24.0 Å². The van der Waals surface area contributed by atoms with Crippen LogP contribution in [0.25, 0.3) is 0 Å². The molecule has 0 saturated carbocycles. The average Bonchev–Trinajstić information content (AvgIpc) is 3.00. The van der Waals surface area contributed by atoms with E-state index in [0.717, 1.165) is 11.8 Å². The second-order valence-electron chi connectivity index (χ2n) is 4.62. The van der Waals surface area contributed by atoms with E-state index in [-0.39, 0.29) is 17.5 Å². The number of aromatic nitrogens is 1. The molecule has 0 fully saturated rings. The van der Waals surface area contributed by atoms with Gasteiger partial charge in [0.2, 0.25) is 10.0 Å². The normalized spacial score (nSPS) is 18.7. The molecule has 0 bridgehead atoms. The maximum absolute atomic E-state index is 11.9. The van der Waals surface area contributed by atoms with Gasteiger partial charge in [-0.15, -0.1) is 0 Å². The van der Waals surface area contributed by atoms with Gasteiger partial charge >= 0.3 is 0 Å². The first-order chi connectivity index (χ1) is 9.65. The Morgan fingerprint density at radius 2 is 2.10 bits per heavy atom. The summed E-state index contributed by atoms with van der Waals surface area (Å²) < 4.78 is 36.5. The lowest BCUT2D eigenvalue weighted by Crippen LogP contribution is -2.36. The fourth-order valence-electron chi connectivity index (χ4n) is 2.15. The monoisotopic (exact) mass is 294 g/mol. The number of fused-ring (bicyclic) bond motifs is 1. The molecule has 0 aliphatic carbocycles. The predicted octanol–water partition coefficient (Wildman–Crippen LogP) is 1.09. The summed E-state index contributed by atoms with van der Waals surface area (Å²) in [7, 11) is -3.58. The van der Waals surface area contributed by atoms with E-state index in [1.807, 2.05) is 24.3 Å². The molecule has 1 N–H and O–H groups in total. The molecule has 1 aromatic carbocycles. The van der Waals surface area contributed by atoms with Gasteiger partial charge in [-0.05, 0) is 11.1 Å². The number of ether oxygens (including phenoxy) is 1. The molecule has 1 aliphatic heterocycles. The maximum Gasteiger partial charge on any atom is 0.245 e. The fraction of sp³-hybridized carbons (Fsp3) is 0.308. The van der Waals surface area contributed by atoms with E-state index in [9.17, 15) is 8.42 Å². The molecule has 20 heavy (non-hydrogen) atoms. The van der Waals surface area contributed by atoms with Gasteiger partial charge in [-0.25, -0.2) is 13.1 Å². The van der Waals surface area contributed by atoms with Crippen molar-refractivity contribution < 1.29 is 17.7 Å². The second kappa shape index (κ2) is 5.35. The standard InChI is InChI=1S/C13H14N2O4S/c16-20(17,13-7-14-19-9-13)15-6-12-5-10-3-1-2-4-11(10)8-18-12/h1-4,7,9,12,15H,5-6,8H2. The van der Waals surface area contributed by atoms with Crippen LogP contribution in [-0.4, -0.2) is 26.2 Å². The molecule has 7 heteroatoms. The first kappa shape index (κ1) is 13.3. The molecule has 0 amide bonds. The number of hydrogen-bond donors (Lipinski definition) is 1. The minimum atomic E-state index is -3.58. The third kappa shape index (κ3) is 2.74. The molecule has 0 saturated heterocycles. The van der Waals surface area contributed by atoms with E-state index >= 15 is 0 Å². The molecule has 1 aromatic heterocycles. The van der Waals surface area contributed by atoms with Gasteiger partial charge in [0.1, 0.15) is 11.2 Å². The summed E-state index contributed by atoms with van der Waals surface area (Å²) in [6.07, 6.45) is 2.79. The van der Waals surface area contributed by atoms with Crippen LogP contribution in [0, 0.1) is 0 Å². The topological polar surface area (TPSA) is 81.4 Å². The van der Waals surface area contributed by atoms with Crippen LogP contribution >= 0.6 is 0 Å². The van der Waals surface area contributed by atoms with E-state index in [1.165, 1.54) is 11.8 Å². The van der Waals surface area contributed by atoms with Gasteiger partial charge in [0.05, 0.1) is 18.9 Å². The van der Waals surface area contributed by atoms with Crippen LogP contribution in [0.4, 0.5) is 0 Å². The van der Waals surface area contributed by atoms with Gasteiger partial charge in [0.15, 0.2) is 0 Å². The van der Waals surface area contributed by atoms with Crippen molar-refractivity contribution in [1.29, 1.82) is 0 Å². The van der Waals surface area contributed by atoms with Crippen molar-refractivity contribution >= 4 is 10.0 Å². The van der Waals surface area contributed by atoms with Crippen LogP contribution in [0.3, 0.4) is 0 Å². The zero-order valence-electron chi connectivity index (χ0n) is 10.7. The number of hydrogen-bond acceptors (Lipinski definition) is 5. The lowest BCUT2D eigenvalue weighted by Gasteiger charge is -2.25. The quantitative estimate of drug-likeness (QED) is 0.913. The lowest BCUT2D eigenvalue weighted by molar-refractivity contribution is 0.0322. The van der Waals surface area contributed by atoms with Crippen LogP contribution in [-0.2, 0) is 27.8 Å². The highest BCUT2D eigenvalue weighted by atomic mass is 32.2. The first-order valence-electron chi connectivity index (χ1n) is 6.22.